The Morgan fingerprint density at radius 1 is 1.11 bits per heavy atom. The minimum atomic E-state index is -0.625. The molecule has 9 nitrogen and oxygen atoms in total. The molecule has 38 heavy (non-hydrogen) atoms. The van der Waals surface area contributed by atoms with Gasteiger partial charge < -0.3 is 9.47 Å². The molecule has 0 aliphatic rings. The molecule has 0 saturated heterocycles. The third kappa shape index (κ3) is 6.27. The monoisotopic (exact) mass is 533 g/mol. The van der Waals surface area contributed by atoms with Crippen molar-refractivity contribution in [1.29, 1.82) is 5.26 Å². The average molecular weight is 534 g/mol. The lowest BCUT2D eigenvalue weighted by Gasteiger charge is -2.17. The fourth-order valence-electron chi connectivity index (χ4n) is 3.80. The number of benzene rings is 3. The molecule has 1 heterocycles. The van der Waals surface area contributed by atoms with Crippen molar-refractivity contribution < 1.29 is 18.8 Å². The molecular formula is C27H24FN5O4S. The van der Waals surface area contributed by atoms with E-state index in [2.05, 4.69) is 16.3 Å². The highest BCUT2D eigenvalue weighted by Crippen LogP contribution is 2.39. The molecule has 1 aromatic heterocycles. The summed E-state index contributed by atoms with van der Waals surface area (Å²) in [5, 5.41) is 29.1. The summed E-state index contributed by atoms with van der Waals surface area (Å²) >= 11 is 1.19. The van der Waals surface area contributed by atoms with Crippen LogP contribution in [0.3, 0.4) is 0 Å². The fraction of sp³-hybridized carbons (Fsp3) is 0.222. The number of thioether (sulfide) groups is 1. The van der Waals surface area contributed by atoms with Crippen LogP contribution in [0.25, 0.3) is 5.69 Å². The van der Waals surface area contributed by atoms with E-state index in [0.717, 1.165) is 5.56 Å². The number of ether oxygens (including phenoxy) is 2. The van der Waals surface area contributed by atoms with Crippen LogP contribution in [-0.2, 0) is 6.61 Å². The Balaban J connectivity index is 1.63. The summed E-state index contributed by atoms with van der Waals surface area (Å²) in [5.41, 5.74) is 2.54. The Morgan fingerprint density at radius 2 is 1.87 bits per heavy atom. The van der Waals surface area contributed by atoms with Crippen LogP contribution in [0.4, 0.5) is 4.39 Å². The molecule has 0 radical (unpaired) electrons. The number of rotatable bonds is 11. The van der Waals surface area contributed by atoms with Gasteiger partial charge in [0, 0.05) is 16.2 Å². The number of nitrogens with zero attached hydrogens (tertiary/aromatic N) is 5. The summed E-state index contributed by atoms with van der Waals surface area (Å²) < 4.78 is 27.0. The van der Waals surface area contributed by atoms with Crippen LogP contribution in [0.5, 0.6) is 11.5 Å². The number of halogens is 1. The minimum absolute atomic E-state index is 0.163. The molecule has 11 heteroatoms. The summed E-state index contributed by atoms with van der Waals surface area (Å²) in [5.74, 6) is 1.08. The van der Waals surface area contributed by atoms with Crippen molar-refractivity contribution in [3.8, 4) is 23.3 Å². The third-order valence-corrected chi connectivity index (χ3v) is 6.78. The second-order valence-electron chi connectivity index (χ2n) is 8.16. The first kappa shape index (κ1) is 26.6. The fourth-order valence-corrected chi connectivity index (χ4v) is 4.97. The van der Waals surface area contributed by atoms with Gasteiger partial charge in [0.25, 0.3) is 0 Å². The molecule has 4 aromatic rings. The molecule has 3 aromatic carbocycles. The Labute approximate surface area is 223 Å². The van der Waals surface area contributed by atoms with Crippen molar-refractivity contribution in [2.24, 2.45) is 0 Å². The molecule has 0 amide bonds. The lowest BCUT2D eigenvalue weighted by Crippen LogP contribution is -2.12. The normalized spacial score (nSPS) is 11.5. The summed E-state index contributed by atoms with van der Waals surface area (Å²) in [6.45, 7) is 3.74. The third-order valence-electron chi connectivity index (χ3n) is 5.60. The van der Waals surface area contributed by atoms with Crippen LogP contribution in [0, 0.1) is 34.2 Å². The smallest absolute Gasteiger partial charge is 0.220 e. The Kier molecular flexibility index (Phi) is 8.55. The van der Waals surface area contributed by atoms with Gasteiger partial charge in [-0.2, -0.15) is 5.26 Å². The predicted molar refractivity (Wildman–Crippen MR) is 140 cm³/mol. The van der Waals surface area contributed by atoms with Gasteiger partial charge >= 0.3 is 0 Å². The standard InChI is InChI=1S/C27H24FN5O4S/c1-3-36-25-14-19(8-13-24(25)37-17-21-7-5-4-6-20(21)15-29)26(16-32(34)35)38-27-31-30-18(2)33(27)23-11-9-22(28)10-12-23/h4-14,26H,3,16-17H2,1-2H3/t26-/m0/s1. The Morgan fingerprint density at radius 3 is 2.58 bits per heavy atom. The van der Waals surface area contributed by atoms with Crippen LogP contribution in [0.15, 0.2) is 71.9 Å². The number of hydrogen-bond donors (Lipinski definition) is 0. The number of hydrogen-bond acceptors (Lipinski definition) is 8. The number of aromatic nitrogens is 3. The summed E-state index contributed by atoms with van der Waals surface area (Å²) in [6.07, 6.45) is 0. The molecule has 0 aliphatic carbocycles. The zero-order valence-corrected chi connectivity index (χ0v) is 21.5. The van der Waals surface area contributed by atoms with Gasteiger partial charge in [0.05, 0.1) is 18.2 Å². The van der Waals surface area contributed by atoms with Crippen molar-refractivity contribution in [2.45, 2.75) is 30.9 Å². The first-order chi connectivity index (χ1) is 18.4. The van der Waals surface area contributed by atoms with E-state index in [0.29, 0.717) is 45.9 Å². The van der Waals surface area contributed by atoms with E-state index >= 15 is 0 Å². The summed E-state index contributed by atoms with van der Waals surface area (Å²) in [6, 6.07) is 20.3. The molecule has 4 rings (SSSR count). The van der Waals surface area contributed by atoms with Crippen molar-refractivity contribution in [3.63, 3.8) is 0 Å². The molecule has 0 aliphatic heterocycles. The van der Waals surface area contributed by atoms with Crippen LogP contribution < -0.4 is 9.47 Å². The van der Waals surface area contributed by atoms with E-state index in [4.69, 9.17) is 9.47 Å². The maximum atomic E-state index is 13.5. The quantitative estimate of drug-likeness (QED) is 0.137. The molecule has 0 saturated carbocycles. The zero-order valence-electron chi connectivity index (χ0n) is 20.7. The maximum absolute atomic E-state index is 13.5. The predicted octanol–water partition coefficient (Wildman–Crippen LogP) is 5.67. The minimum Gasteiger partial charge on any atom is -0.490 e. The van der Waals surface area contributed by atoms with Crippen LogP contribution in [-0.4, -0.2) is 32.8 Å². The highest BCUT2D eigenvalue weighted by Gasteiger charge is 2.25. The number of nitriles is 1. The average Bonchev–Trinajstić information content (AvgIpc) is 3.27. The highest BCUT2D eigenvalue weighted by molar-refractivity contribution is 7.99. The van der Waals surface area contributed by atoms with Crippen molar-refractivity contribution in [2.75, 3.05) is 13.2 Å². The SMILES string of the molecule is CCOc1cc([C@H](C[N+](=O)[O-])Sc2nnc(C)n2-c2ccc(F)cc2)ccc1OCc1ccccc1C#N. The number of aryl methyl sites for hydroxylation is 1. The highest BCUT2D eigenvalue weighted by atomic mass is 32.2. The van der Waals surface area contributed by atoms with Gasteiger partial charge in [0.15, 0.2) is 16.7 Å². The van der Waals surface area contributed by atoms with Gasteiger partial charge in [-0.15, -0.1) is 10.2 Å². The van der Waals surface area contributed by atoms with Crippen LogP contribution in [0.1, 0.15) is 34.7 Å². The first-order valence-corrected chi connectivity index (χ1v) is 12.6. The lowest BCUT2D eigenvalue weighted by molar-refractivity contribution is -0.479. The van der Waals surface area contributed by atoms with E-state index < -0.39 is 5.25 Å². The van der Waals surface area contributed by atoms with E-state index in [1.165, 1.54) is 23.9 Å². The summed E-state index contributed by atoms with van der Waals surface area (Å²) in [4.78, 5) is 11.2. The van der Waals surface area contributed by atoms with Crippen LogP contribution >= 0.6 is 11.8 Å². The molecule has 0 spiro atoms. The van der Waals surface area contributed by atoms with Gasteiger partial charge in [-0.25, -0.2) is 4.39 Å². The van der Waals surface area contributed by atoms with Gasteiger partial charge in [0.1, 0.15) is 23.5 Å². The Hall–Kier alpha value is -4.43. The van der Waals surface area contributed by atoms with Crippen LogP contribution in [0.2, 0.25) is 0 Å². The topological polar surface area (TPSA) is 116 Å². The van der Waals surface area contributed by atoms with E-state index in [1.807, 2.05) is 19.1 Å². The van der Waals surface area contributed by atoms with Gasteiger partial charge in [-0.05, 0) is 61.9 Å². The number of nitro groups is 1. The maximum Gasteiger partial charge on any atom is 0.220 e. The van der Waals surface area contributed by atoms with Crippen molar-refractivity contribution in [3.05, 3.63) is 105 Å². The van der Waals surface area contributed by atoms with Crippen molar-refractivity contribution in [1.82, 2.24) is 14.8 Å². The van der Waals surface area contributed by atoms with Gasteiger partial charge in [0.2, 0.25) is 6.54 Å². The molecule has 0 fully saturated rings. The molecule has 194 valence electrons. The van der Waals surface area contributed by atoms with E-state index in [1.54, 1.807) is 54.0 Å². The van der Waals surface area contributed by atoms with E-state index in [-0.39, 0.29) is 23.9 Å². The first-order valence-electron chi connectivity index (χ1n) is 11.7. The van der Waals surface area contributed by atoms with Crippen molar-refractivity contribution >= 4 is 11.8 Å². The van der Waals surface area contributed by atoms with Gasteiger partial charge in [-0.3, -0.25) is 14.7 Å². The Bertz CT molecular complexity index is 1470. The lowest BCUT2D eigenvalue weighted by atomic mass is 10.1. The molecule has 0 N–H and O–H groups in total. The second kappa shape index (κ2) is 12.2. The van der Waals surface area contributed by atoms with Gasteiger partial charge in [-0.1, -0.05) is 36.0 Å². The molecule has 1 atom stereocenters. The molecule has 0 unspecified atom stereocenters. The molecule has 0 bridgehead atoms. The summed E-state index contributed by atoms with van der Waals surface area (Å²) in [7, 11) is 0. The zero-order chi connectivity index (χ0) is 27.1. The second-order valence-corrected chi connectivity index (χ2v) is 9.33. The largest absolute Gasteiger partial charge is 0.490 e. The molecular weight excluding hydrogens is 509 g/mol. The van der Waals surface area contributed by atoms with E-state index in [9.17, 15) is 19.8 Å².